The molecule has 1 spiro atoms. The number of hydrogen-bond donors (Lipinski definition) is 1. The van der Waals surface area contributed by atoms with Gasteiger partial charge in [-0.15, -0.1) is 0 Å². The summed E-state index contributed by atoms with van der Waals surface area (Å²) in [6, 6.07) is 7.69. The summed E-state index contributed by atoms with van der Waals surface area (Å²) >= 11 is 0. The molecular formula is C14H16N2O2. The lowest BCUT2D eigenvalue weighted by molar-refractivity contribution is -0.127. The molecule has 0 bridgehead atoms. The van der Waals surface area contributed by atoms with Crippen LogP contribution in [0, 0.1) is 0 Å². The summed E-state index contributed by atoms with van der Waals surface area (Å²) in [5.74, 6) is -0.161. The standard InChI is InChI=1S/C14H16N2O2/c1-2-9-16-13(18)15-12(17)14(16)8-7-10-5-3-4-6-11(10)14/h3-6H,2,7-9H2,1H3,(H,15,17,18). The highest BCUT2D eigenvalue weighted by Crippen LogP contribution is 2.44. The van der Waals surface area contributed by atoms with Crippen molar-refractivity contribution in [3.63, 3.8) is 0 Å². The minimum absolute atomic E-state index is 0.161. The van der Waals surface area contributed by atoms with Crippen LogP contribution in [0.25, 0.3) is 0 Å². The first kappa shape index (κ1) is 11.3. The van der Waals surface area contributed by atoms with Gasteiger partial charge in [-0.2, -0.15) is 0 Å². The molecule has 3 rings (SSSR count). The Morgan fingerprint density at radius 1 is 1.33 bits per heavy atom. The first-order valence-corrected chi connectivity index (χ1v) is 6.41. The third kappa shape index (κ3) is 1.26. The fourth-order valence-electron chi connectivity index (χ4n) is 3.19. The minimum atomic E-state index is -0.746. The van der Waals surface area contributed by atoms with Gasteiger partial charge in [0.25, 0.3) is 5.91 Å². The van der Waals surface area contributed by atoms with Crippen LogP contribution < -0.4 is 5.32 Å². The number of carbonyl (C=O) groups excluding carboxylic acids is 2. The number of fused-ring (bicyclic) bond motifs is 2. The van der Waals surface area contributed by atoms with Crippen LogP contribution in [0.5, 0.6) is 0 Å². The van der Waals surface area contributed by atoms with E-state index >= 15 is 0 Å². The van der Waals surface area contributed by atoms with Crippen molar-refractivity contribution < 1.29 is 9.59 Å². The SMILES string of the molecule is CCCN1C(=O)NC(=O)C12CCc1ccccc12. The fourth-order valence-corrected chi connectivity index (χ4v) is 3.19. The molecule has 1 atom stereocenters. The van der Waals surface area contributed by atoms with Crippen molar-refractivity contribution in [3.8, 4) is 0 Å². The number of hydrogen-bond acceptors (Lipinski definition) is 2. The third-order valence-corrected chi connectivity index (χ3v) is 3.97. The maximum atomic E-state index is 12.3. The van der Waals surface area contributed by atoms with Crippen LogP contribution in [0.1, 0.15) is 30.9 Å². The second-order valence-corrected chi connectivity index (χ2v) is 4.93. The first-order valence-electron chi connectivity index (χ1n) is 6.41. The number of carbonyl (C=O) groups is 2. The van der Waals surface area contributed by atoms with Crippen molar-refractivity contribution in [1.29, 1.82) is 0 Å². The lowest BCUT2D eigenvalue weighted by Crippen LogP contribution is -2.45. The van der Waals surface area contributed by atoms with Crippen LogP contribution in [-0.4, -0.2) is 23.4 Å². The topological polar surface area (TPSA) is 49.4 Å². The molecule has 4 nitrogen and oxygen atoms in total. The lowest BCUT2D eigenvalue weighted by Gasteiger charge is -2.32. The monoisotopic (exact) mass is 244 g/mol. The number of nitrogens with one attached hydrogen (secondary N) is 1. The zero-order chi connectivity index (χ0) is 12.8. The van der Waals surface area contributed by atoms with Gasteiger partial charge in [-0.1, -0.05) is 31.2 Å². The summed E-state index contributed by atoms with van der Waals surface area (Å²) in [6.07, 6.45) is 2.41. The molecule has 0 aromatic heterocycles. The van der Waals surface area contributed by atoms with Gasteiger partial charge in [-0.3, -0.25) is 10.1 Å². The Morgan fingerprint density at radius 3 is 2.89 bits per heavy atom. The molecule has 1 aromatic rings. The van der Waals surface area contributed by atoms with Gasteiger partial charge >= 0.3 is 6.03 Å². The molecule has 1 aliphatic carbocycles. The smallest absolute Gasteiger partial charge is 0.306 e. The lowest BCUT2D eigenvalue weighted by atomic mass is 9.90. The van der Waals surface area contributed by atoms with Gasteiger partial charge in [0.2, 0.25) is 0 Å². The van der Waals surface area contributed by atoms with Gasteiger partial charge in [-0.05, 0) is 30.4 Å². The largest absolute Gasteiger partial charge is 0.325 e. The molecule has 3 amide bonds. The quantitative estimate of drug-likeness (QED) is 0.806. The van der Waals surface area contributed by atoms with Crippen LogP contribution in [0.2, 0.25) is 0 Å². The third-order valence-electron chi connectivity index (χ3n) is 3.97. The van der Waals surface area contributed by atoms with E-state index in [9.17, 15) is 9.59 Å². The highest BCUT2D eigenvalue weighted by Gasteiger charge is 2.56. The van der Waals surface area contributed by atoms with Crippen molar-refractivity contribution in [2.24, 2.45) is 0 Å². The molecule has 1 heterocycles. The summed E-state index contributed by atoms with van der Waals surface area (Å²) in [7, 11) is 0. The summed E-state index contributed by atoms with van der Waals surface area (Å²) in [4.78, 5) is 25.9. The normalized spacial score (nSPS) is 25.7. The maximum absolute atomic E-state index is 12.3. The number of nitrogens with zero attached hydrogens (tertiary/aromatic N) is 1. The predicted molar refractivity (Wildman–Crippen MR) is 67.0 cm³/mol. The fraction of sp³-hybridized carbons (Fsp3) is 0.429. The molecule has 1 aromatic carbocycles. The van der Waals surface area contributed by atoms with E-state index in [2.05, 4.69) is 5.32 Å². The van der Waals surface area contributed by atoms with Crippen LogP contribution in [0.15, 0.2) is 24.3 Å². The summed E-state index contributed by atoms with van der Waals surface area (Å²) in [6.45, 7) is 2.64. The molecule has 4 heteroatoms. The van der Waals surface area contributed by atoms with Gasteiger partial charge in [-0.25, -0.2) is 4.79 Å². The van der Waals surface area contributed by atoms with Gasteiger partial charge < -0.3 is 4.90 Å². The number of rotatable bonds is 2. The average molecular weight is 244 g/mol. The summed E-state index contributed by atoms with van der Waals surface area (Å²) in [5, 5.41) is 2.47. The van der Waals surface area contributed by atoms with Gasteiger partial charge in [0.15, 0.2) is 0 Å². The molecular weight excluding hydrogens is 228 g/mol. The number of benzene rings is 1. The summed E-state index contributed by atoms with van der Waals surface area (Å²) < 4.78 is 0. The summed E-state index contributed by atoms with van der Waals surface area (Å²) in [5.41, 5.74) is 1.44. The van der Waals surface area contributed by atoms with E-state index < -0.39 is 5.54 Å². The molecule has 2 aliphatic rings. The Bertz CT molecular complexity index is 526. The van der Waals surface area contributed by atoms with Gasteiger partial charge in [0.1, 0.15) is 5.54 Å². The highest BCUT2D eigenvalue weighted by molar-refractivity contribution is 6.08. The second-order valence-electron chi connectivity index (χ2n) is 4.93. The van der Waals surface area contributed by atoms with Crippen molar-refractivity contribution in [2.45, 2.75) is 31.7 Å². The number of aryl methyl sites for hydroxylation is 1. The highest BCUT2D eigenvalue weighted by atomic mass is 16.2. The number of amides is 3. The molecule has 0 saturated carbocycles. The van der Waals surface area contributed by atoms with Crippen molar-refractivity contribution in [2.75, 3.05) is 6.54 Å². The number of imide groups is 1. The minimum Gasteiger partial charge on any atom is -0.306 e. The molecule has 1 aliphatic heterocycles. The molecule has 1 unspecified atom stereocenters. The van der Waals surface area contributed by atoms with E-state index in [0.29, 0.717) is 13.0 Å². The van der Waals surface area contributed by atoms with Crippen molar-refractivity contribution in [1.82, 2.24) is 10.2 Å². The van der Waals surface area contributed by atoms with Gasteiger partial charge in [0.05, 0.1) is 0 Å². The Morgan fingerprint density at radius 2 is 2.11 bits per heavy atom. The number of urea groups is 1. The molecule has 1 saturated heterocycles. The van der Waals surface area contributed by atoms with Gasteiger partial charge in [0, 0.05) is 6.54 Å². The molecule has 0 radical (unpaired) electrons. The molecule has 1 N–H and O–H groups in total. The first-order chi connectivity index (χ1) is 8.70. The van der Waals surface area contributed by atoms with E-state index in [0.717, 1.165) is 18.4 Å². The zero-order valence-corrected chi connectivity index (χ0v) is 10.4. The van der Waals surface area contributed by atoms with Crippen molar-refractivity contribution in [3.05, 3.63) is 35.4 Å². The van der Waals surface area contributed by atoms with E-state index in [4.69, 9.17) is 0 Å². The Kier molecular flexibility index (Phi) is 2.40. The van der Waals surface area contributed by atoms with Crippen LogP contribution >= 0.6 is 0 Å². The van der Waals surface area contributed by atoms with Crippen LogP contribution in [0.3, 0.4) is 0 Å². The van der Waals surface area contributed by atoms with Crippen molar-refractivity contribution >= 4 is 11.9 Å². The van der Waals surface area contributed by atoms with Crippen LogP contribution in [0.4, 0.5) is 4.79 Å². The molecule has 1 fully saturated rings. The van der Waals surface area contributed by atoms with E-state index in [1.165, 1.54) is 5.56 Å². The molecule has 94 valence electrons. The Hall–Kier alpha value is -1.84. The second kappa shape index (κ2) is 3.83. The van der Waals surface area contributed by atoms with E-state index in [1.54, 1.807) is 4.90 Å². The zero-order valence-electron chi connectivity index (χ0n) is 10.4. The van der Waals surface area contributed by atoms with E-state index in [-0.39, 0.29) is 11.9 Å². The van der Waals surface area contributed by atoms with Crippen LogP contribution in [-0.2, 0) is 16.8 Å². The Balaban J connectivity index is 2.14. The van der Waals surface area contributed by atoms with E-state index in [1.807, 2.05) is 31.2 Å². The molecule has 18 heavy (non-hydrogen) atoms. The Labute approximate surface area is 106 Å². The maximum Gasteiger partial charge on any atom is 0.325 e. The predicted octanol–water partition coefficient (Wildman–Crippen LogP) is 1.79. The average Bonchev–Trinajstić information content (AvgIpc) is 2.86.